The van der Waals surface area contributed by atoms with Crippen LogP contribution in [0.4, 0.5) is 9.59 Å². The van der Waals surface area contributed by atoms with E-state index in [9.17, 15) is 9.59 Å². The van der Waals surface area contributed by atoms with Crippen LogP contribution in [0.15, 0.2) is 30.3 Å². The number of carbonyl (C=O) groups is 2. The topological polar surface area (TPSA) is 77.1 Å². The molecule has 1 aliphatic rings. The molecule has 0 aliphatic carbocycles. The predicted octanol–water partition coefficient (Wildman–Crippen LogP) is 2.94. The van der Waals surface area contributed by atoms with Crippen molar-refractivity contribution in [2.75, 3.05) is 20.1 Å². The zero-order valence-electron chi connectivity index (χ0n) is 19.4. The molecule has 2 amide bonds. The average molecular weight is 368 g/mol. The fraction of sp³-hybridized carbons (Fsp3) is 0.579. The molecular weight excluding hydrogens is 336 g/mol. The second-order valence-corrected chi connectivity index (χ2v) is 6.78. The van der Waals surface area contributed by atoms with Gasteiger partial charge in [0.15, 0.2) is 0 Å². The Labute approximate surface area is 160 Å². The molecule has 0 unspecified atom stereocenters. The molecule has 0 bridgehead atoms. The molecule has 1 saturated heterocycles. The second-order valence-electron chi connectivity index (χ2n) is 6.78. The van der Waals surface area contributed by atoms with Crippen molar-refractivity contribution in [2.45, 2.75) is 51.5 Å². The van der Waals surface area contributed by atoms with Gasteiger partial charge in [-0.15, -0.1) is 0 Å². The molecule has 0 spiro atoms. The Hall–Kier alpha value is -2.28. The summed E-state index contributed by atoms with van der Waals surface area (Å²) in [4.78, 5) is 25.2. The third-order valence-electron chi connectivity index (χ3n) is 3.44. The van der Waals surface area contributed by atoms with Crippen LogP contribution in [-0.4, -0.2) is 54.9 Å². The van der Waals surface area contributed by atoms with Gasteiger partial charge >= 0.3 is 12.2 Å². The maximum absolute atomic E-state index is 12.6. The van der Waals surface area contributed by atoms with Crippen LogP contribution in [-0.2, 0) is 20.8 Å². The lowest BCUT2D eigenvalue weighted by atomic mass is 10.0. The van der Waals surface area contributed by atoms with Crippen LogP contribution in [0.2, 0.25) is 0 Å². The maximum Gasteiger partial charge on any atom is 0.410 e. The third-order valence-corrected chi connectivity index (χ3v) is 3.44. The van der Waals surface area contributed by atoms with Crippen LogP contribution in [0.5, 0.6) is 0 Å². The van der Waals surface area contributed by atoms with Crippen LogP contribution >= 0.6 is 0 Å². The molecule has 7 nitrogen and oxygen atoms in total. The van der Waals surface area contributed by atoms with Gasteiger partial charge in [0.25, 0.3) is 0 Å². The first-order chi connectivity index (χ1) is 13.8. The first-order valence-electron chi connectivity index (χ1n) is 10.3. The molecule has 0 radical (unpaired) electrons. The molecule has 7 heteroatoms. The molecular formula is C19H28N2O5. The first kappa shape index (κ1) is 14.8. The summed E-state index contributed by atoms with van der Waals surface area (Å²) >= 11 is 0. The highest BCUT2D eigenvalue weighted by Gasteiger charge is 2.34. The summed E-state index contributed by atoms with van der Waals surface area (Å²) in [7, 11) is 1.22. The van der Waals surface area contributed by atoms with Crippen molar-refractivity contribution in [3.05, 3.63) is 35.9 Å². The number of benzene rings is 1. The van der Waals surface area contributed by atoms with Gasteiger partial charge < -0.3 is 24.4 Å². The second kappa shape index (κ2) is 8.89. The Morgan fingerprint density at radius 3 is 2.62 bits per heavy atom. The molecule has 1 fully saturated rings. The van der Waals surface area contributed by atoms with Gasteiger partial charge in [-0.1, -0.05) is 30.3 Å². The van der Waals surface area contributed by atoms with Gasteiger partial charge in [0.1, 0.15) is 12.2 Å². The summed E-state index contributed by atoms with van der Waals surface area (Å²) in [5, 5.41) is 2.46. The van der Waals surface area contributed by atoms with E-state index in [1.165, 1.54) is 7.11 Å². The molecule has 144 valence electrons. The molecule has 0 aromatic heterocycles. The number of amides is 2. The van der Waals surface area contributed by atoms with Crippen LogP contribution in [0.3, 0.4) is 0 Å². The van der Waals surface area contributed by atoms with E-state index in [-0.39, 0.29) is 6.61 Å². The summed E-state index contributed by atoms with van der Waals surface area (Å²) in [6.07, 6.45) is -3.75. The van der Waals surface area contributed by atoms with Gasteiger partial charge in [-0.2, -0.15) is 0 Å². The molecule has 1 N–H and O–H groups in total. The minimum atomic E-state index is -2.60. The fourth-order valence-corrected chi connectivity index (χ4v) is 2.24. The normalized spacial score (nSPS) is 26.5. The lowest BCUT2D eigenvalue weighted by Crippen LogP contribution is -2.56. The molecule has 1 aromatic carbocycles. The number of hydrogen-bond donors (Lipinski definition) is 1. The summed E-state index contributed by atoms with van der Waals surface area (Å²) < 4.78 is 48.8. The molecule has 0 saturated carbocycles. The first-order valence-corrected chi connectivity index (χ1v) is 8.31. The predicted molar refractivity (Wildman–Crippen MR) is 96.8 cm³/mol. The van der Waals surface area contributed by atoms with E-state index in [0.717, 1.165) is 5.56 Å². The van der Waals surface area contributed by atoms with E-state index in [4.69, 9.17) is 19.7 Å². The average Bonchev–Trinajstić information content (AvgIpc) is 2.57. The number of ether oxygens (including phenoxy) is 3. The van der Waals surface area contributed by atoms with Gasteiger partial charge in [-0.25, -0.2) is 9.59 Å². The highest BCUT2D eigenvalue weighted by Crippen LogP contribution is 2.18. The van der Waals surface area contributed by atoms with Gasteiger partial charge in [-0.3, -0.25) is 0 Å². The minimum Gasteiger partial charge on any atom is -0.445 e. The fourth-order valence-electron chi connectivity index (χ4n) is 2.24. The molecule has 26 heavy (non-hydrogen) atoms. The number of alkyl carbamates (subject to hydrolysis) is 1. The summed E-state index contributed by atoms with van der Waals surface area (Å²) in [5.41, 5.74) is -0.177. The quantitative estimate of drug-likeness (QED) is 0.884. The number of carbonyl (C=O) groups excluding carboxylic acids is 2. The number of likely N-dealkylation sites (tertiary alicyclic amines) is 1. The Bertz CT molecular complexity index is 755. The van der Waals surface area contributed by atoms with Crippen LogP contribution in [0.1, 0.15) is 38.2 Å². The van der Waals surface area contributed by atoms with Crippen molar-refractivity contribution < 1.29 is 29.3 Å². The summed E-state index contributed by atoms with van der Waals surface area (Å²) in [6, 6.07) is 7.90. The number of nitrogens with one attached hydrogen (secondary N) is 1. The van der Waals surface area contributed by atoms with Gasteiger partial charge in [0, 0.05) is 16.3 Å². The number of rotatable bonds is 4. The van der Waals surface area contributed by atoms with E-state index < -0.39 is 49.3 Å². The van der Waals surface area contributed by atoms with E-state index in [0.29, 0.717) is 4.90 Å². The Kier molecular flexibility index (Phi) is 5.08. The van der Waals surface area contributed by atoms with Gasteiger partial charge in [0.05, 0.1) is 21.4 Å². The largest absolute Gasteiger partial charge is 0.445 e. The Morgan fingerprint density at radius 2 is 2.00 bits per heavy atom. The molecule has 2 atom stereocenters. The van der Waals surface area contributed by atoms with Crippen LogP contribution < -0.4 is 5.32 Å². The van der Waals surface area contributed by atoms with Crippen molar-refractivity contribution in [3.63, 3.8) is 0 Å². The lowest BCUT2D eigenvalue weighted by molar-refractivity contribution is -0.0180. The molecule has 2 rings (SSSR count). The van der Waals surface area contributed by atoms with Gasteiger partial charge in [0.2, 0.25) is 0 Å². The highest BCUT2D eigenvalue weighted by atomic mass is 16.6. The highest BCUT2D eigenvalue weighted by molar-refractivity contribution is 5.69. The van der Waals surface area contributed by atoms with Crippen LogP contribution in [0.25, 0.3) is 0 Å². The van der Waals surface area contributed by atoms with E-state index in [1.807, 2.05) is 6.07 Å². The zero-order chi connectivity index (χ0) is 22.7. The Morgan fingerprint density at radius 1 is 1.31 bits per heavy atom. The van der Waals surface area contributed by atoms with Gasteiger partial charge in [-0.05, 0) is 32.8 Å². The number of piperidine rings is 1. The standard InChI is InChI=1S/C19H28N2O5/c1-19(2,3)26-18(23)21-11-10-15(16(12-21)24-4)20-17(22)25-13-14-8-6-5-7-9-14/h5-9,15-16H,10-13H2,1-4H3,(H,20,22)/t15-,16-/m1/s1/i11D2,12D2. The molecule has 1 heterocycles. The number of hydrogen-bond acceptors (Lipinski definition) is 5. The number of methoxy groups -OCH3 is 1. The van der Waals surface area contributed by atoms with Crippen molar-refractivity contribution in [1.82, 2.24) is 10.2 Å². The monoisotopic (exact) mass is 368 g/mol. The maximum atomic E-state index is 12.6. The summed E-state index contributed by atoms with van der Waals surface area (Å²) in [5.74, 6) is 0. The summed E-state index contributed by atoms with van der Waals surface area (Å²) in [6.45, 7) is -0.252. The minimum absolute atomic E-state index is 0.000855. The smallest absolute Gasteiger partial charge is 0.410 e. The van der Waals surface area contributed by atoms with Crippen molar-refractivity contribution in [3.8, 4) is 0 Å². The van der Waals surface area contributed by atoms with Crippen molar-refractivity contribution in [1.29, 1.82) is 0 Å². The van der Waals surface area contributed by atoms with E-state index in [2.05, 4.69) is 5.32 Å². The lowest BCUT2D eigenvalue weighted by Gasteiger charge is -2.38. The third kappa shape index (κ3) is 6.22. The van der Waals surface area contributed by atoms with Crippen LogP contribution in [0, 0.1) is 0 Å². The number of nitrogens with zero attached hydrogens (tertiary/aromatic N) is 1. The van der Waals surface area contributed by atoms with E-state index in [1.54, 1.807) is 45.0 Å². The zero-order valence-corrected chi connectivity index (χ0v) is 15.4. The Balaban J connectivity index is 2.15. The SMILES string of the molecule is [2H]C1([2H])C[C@@H](NC(=O)OCc2ccccc2)[C@H](OC)C([2H])([2H])N1C(=O)OC(C)(C)C. The van der Waals surface area contributed by atoms with Crippen molar-refractivity contribution in [2.24, 2.45) is 0 Å². The molecule has 1 aromatic rings. The molecule has 1 aliphatic heterocycles. The van der Waals surface area contributed by atoms with Crippen molar-refractivity contribution >= 4 is 12.2 Å². The van der Waals surface area contributed by atoms with E-state index >= 15 is 0 Å².